The Morgan fingerprint density at radius 3 is 2.77 bits per heavy atom. The van der Waals surface area contributed by atoms with Gasteiger partial charge in [-0.25, -0.2) is 0 Å². The van der Waals surface area contributed by atoms with Crippen LogP contribution in [0.4, 0.5) is 0 Å². The van der Waals surface area contributed by atoms with Gasteiger partial charge in [0.05, 0.1) is 0 Å². The lowest BCUT2D eigenvalue weighted by Gasteiger charge is -2.32. The number of carbonyl (C=O) groups excluding carboxylic acids is 2. The number of hydrogen-bond donors (Lipinski definition) is 2. The van der Waals surface area contributed by atoms with E-state index in [1.165, 1.54) is 42.3 Å². The summed E-state index contributed by atoms with van der Waals surface area (Å²) in [6.45, 7) is 2.71. The molecular weight excluding hydrogens is 388 g/mol. The zero-order chi connectivity index (χ0) is 21.4. The van der Waals surface area contributed by atoms with Gasteiger partial charge in [0.15, 0.2) is 0 Å². The van der Waals surface area contributed by atoms with Crippen LogP contribution in [0.3, 0.4) is 0 Å². The van der Waals surface area contributed by atoms with Gasteiger partial charge in [-0.15, -0.1) is 0 Å². The molecule has 0 bridgehead atoms. The molecule has 2 aromatic rings. The van der Waals surface area contributed by atoms with Crippen LogP contribution in [-0.4, -0.2) is 58.8 Å². The largest absolute Gasteiger partial charge is 0.358 e. The van der Waals surface area contributed by atoms with Crippen molar-refractivity contribution in [3.05, 3.63) is 35.0 Å². The van der Waals surface area contributed by atoms with Gasteiger partial charge < -0.3 is 15.2 Å². The third-order valence-corrected chi connectivity index (χ3v) is 7.28. The molecular formula is C25H34N4O2. The molecule has 2 heterocycles. The van der Waals surface area contributed by atoms with Crippen LogP contribution in [-0.2, 0) is 17.8 Å². The van der Waals surface area contributed by atoms with Gasteiger partial charge in [0.1, 0.15) is 0 Å². The lowest BCUT2D eigenvalue weighted by atomic mass is 10.0. The van der Waals surface area contributed by atoms with E-state index in [0.717, 1.165) is 49.5 Å². The van der Waals surface area contributed by atoms with Crippen LogP contribution in [0.25, 0.3) is 10.9 Å². The normalized spacial score (nSPS) is 19.5. The second-order valence-corrected chi connectivity index (χ2v) is 9.67. The van der Waals surface area contributed by atoms with E-state index >= 15 is 0 Å². The molecule has 6 nitrogen and oxygen atoms in total. The van der Waals surface area contributed by atoms with Gasteiger partial charge in [-0.3, -0.25) is 14.5 Å². The molecule has 0 saturated heterocycles. The van der Waals surface area contributed by atoms with Crippen molar-refractivity contribution in [3.8, 4) is 0 Å². The Kier molecular flexibility index (Phi) is 5.74. The minimum absolute atomic E-state index is 0.0305. The first-order valence-electron chi connectivity index (χ1n) is 12.0. The number of hydrogen-bond acceptors (Lipinski definition) is 3. The van der Waals surface area contributed by atoms with Crippen LogP contribution in [0, 0.1) is 0 Å². The second-order valence-electron chi connectivity index (χ2n) is 9.67. The molecule has 2 fully saturated rings. The topological polar surface area (TPSA) is 68.4 Å². The molecule has 0 spiro atoms. The van der Waals surface area contributed by atoms with Gasteiger partial charge in [0.25, 0.3) is 5.91 Å². The van der Waals surface area contributed by atoms with Crippen LogP contribution < -0.4 is 5.32 Å². The average Bonchev–Trinajstić information content (AvgIpc) is 3.27. The summed E-state index contributed by atoms with van der Waals surface area (Å²) < 4.78 is 0. The Morgan fingerprint density at radius 2 is 2.00 bits per heavy atom. The number of rotatable bonds is 7. The molecule has 31 heavy (non-hydrogen) atoms. The fraction of sp³-hybridized carbons (Fsp3) is 0.600. The first-order valence-corrected chi connectivity index (χ1v) is 12.0. The van der Waals surface area contributed by atoms with Crippen molar-refractivity contribution in [3.63, 3.8) is 0 Å². The van der Waals surface area contributed by atoms with Crippen LogP contribution in [0.1, 0.15) is 73.0 Å². The summed E-state index contributed by atoms with van der Waals surface area (Å²) in [6, 6.07) is 7.18. The third kappa shape index (κ3) is 4.49. The molecule has 0 unspecified atom stereocenters. The number of amides is 2. The minimum atomic E-state index is 0.0305. The lowest BCUT2D eigenvalue weighted by molar-refractivity contribution is -0.121. The van der Waals surface area contributed by atoms with Gasteiger partial charge in [-0.2, -0.15) is 0 Å². The second kappa shape index (κ2) is 8.65. The van der Waals surface area contributed by atoms with Gasteiger partial charge in [0, 0.05) is 73.8 Å². The van der Waals surface area contributed by atoms with Crippen molar-refractivity contribution in [2.45, 2.75) is 76.4 Å². The van der Waals surface area contributed by atoms with Crippen LogP contribution in [0.15, 0.2) is 18.2 Å². The Labute approximate surface area is 184 Å². The van der Waals surface area contributed by atoms with Crippen LogP contribution in [0.2, 0.25) is 0 Å². The number of nitrogens with one attached hydrogen (secondary N) is 2. The monoisotopic (exact) mass is 422 g/mol. The van der Waals surface area contributed by atoms with Crippen molar-refractivity contribution in [1.82, 2.24) is 20.1 Å². The van der Waals surface area contributed by atoms with Crippen LogP contribution in [0.5, 0.6) is 0 Å². The Bertz CT molecular complexity index is 971. The van der Waals surface area contributed by atoms with Crippen LogP contribution >= 0.6 is 0 Å². The number of fused-ring (bicyclic) bond motifs is 3. The van der Waals surface area contributed by atoms with Crippen molar-refractivity contribution >= 4 is 22.7 Å². The number of carbonyl (C=O) groups is 2. The summed E-state index contributed by atoms with van der Waals surface area (Å²) in [7, 11) is 1.83. The van der Waals surface area contributed by atoms with Crippen molar-refractivity contribution in [2.75, 3.05) is 20.1 Å². The molecule has 2 N–H and O–H groups in total. The molecule has 6 heteroatoms. The molecule has 1 aromatic carbocycles. The highest BCUT2D eigenvalue weighted by Gasteiger charge is 2.28. The number of aromatic nitrogens is 1. The highest BCUT2D eigenvalue weighted by Crippen LogP contribution is 2.33. The van der Waals surface area contributed by atoms with E-state index in [4.69, 9.17) is 0 Å². The molecule has 2 saturated carbocycles. The Balaban J connectivity index is 1.25. The predicted molar refractivity (Wildman–Crippen MR) is 122 cm³/mol. The highest BCUT2D eigenvalue weighted by atomic mass is 16.2. The van der Waals surface area contributed by atoms with Gasteiger partial charge >= 0.3 is 0 Å². The zero-order valence-corrected chi connectivity index (χ0v) is 18.6. The minimum Gasteiger partial charge on any atom is -0.358 e. The molecule has 2 aliphatic carbocycles. The number of nitrogens with zero attached hydrogens (tertiary/aromatic N) is 2. The summed E-state index contributed by atoms with van der Waals surface area (Å²) in [5.41, 5.74) is 4.58. The summed E-state index contributed by atoms with van der Waals surface area (Å²) >= 11 is 0. The fourth-order valence-corrected chi connectivity index (χ4v) is 5.28. The first kappa shape index (κ1) is 20.6. The van der Waals surface area contributed by atoms with E-state index in [1.54, 1.807) is 4.90 Å². The predicted octanol–water partition coefficient (Wildman–Crippen LogP) is 3.60. The SMILES string of the molecule is CN(CCCC(=O)NC1CC1)C(=O)c1ccc2[nH]c3c(c2c1)CN(C1CCCC1)CC3. The summed E-state index contributed by atoms with van der Waals surface area (Å²) in [5.74, 6) is 0.137. The van der Waals surface area contributed by atoms with Gasteiger partial charge in [-0.05, 0) is 55.9 Å². The first-order chi connectivity index (χ1) is 15.1. The maximum atomic E-state index is 13.0. The van der Waals surface area contributed by atoms with E-state index in [9.17, 15) is 9.59 Å². The van der Waals surface area contributed by atoms with Gasteiger partial charge in [-0.1, -0.05) is 12.8 Å². The average molecular weight is 423 g/mol. The summed E-state index contributed by atoms with van der Waals surface area (Å²) in [4.78, 5) is 32.9. The maximum absolute atomic E-state index is 13.0. The van der Waals surface area contributed by atoms with Crippen molar-refractivity contribution in [1.29, 1.82) is 0 Å². The fourth-order valence-electron chi connectivity index (χ4n) is 5.28. The Morgan fingerprint density at radius 1 is 1.19 bits per heavy atom. The van der Waals surface area contributed by atoms with E-state index in [-0.39, 0.29) is 11.8 Å². The quantitative estimate of drug-likeness (QED) is 0.716. The molecule has 1 aliphatic heterocycles. The van der Waals surface area contributed by atoms with E-state index in [1.807, 2.05) is 13.1 Å². The number of aromatic amines is 1. The standard InChI is InChI=1S/C25H34N4O2/c1-28(13-4-7-24(30)26-18-9-10-18)25(31)17-8-11-22-20(15-17)21-16-29(14-12-23(21)27-22)19-5-2-3-6-19/h8,11,15,18-19,27H,2-7,9-10,12-14,16H2,1H3,(H,26,30). The molecule has 5 rings (SSSR count). The molecule has 3 aliphatic rings. The molecule has 0 radical (unpaired) electrons. The Hall–Kier alpha value is -2.34. The number of H-pyrrole nitrogens is 1. The maximum Gasteiger partial charge on any atom is 0.253 e. The summed E-state index contributed by atoms with van der Waals surface area (Å²) in [6.07, 6.45) is 9.81. The molecule has 1 aromatic heterocycles. The number of benzene rings is 1. The van der Waals surface area contributed by atoms with E-state index in [0.29, 0.717) is 25.4 Å². The lowest BCUT2D eigenvalue weighted by Crippen LogP contribution is -2.37. The van der Waals surface area contributed by atoms with Gasteiger partial charge in [0.2, 0.25) is 5.91 Å². The highest BCUT2D eigenvalue weighted by molar-refractivity contribution is 5.99. The van der Waals surface area contributed by atoms with Crippen molar-refractivity contribution < 1.29 is 9.59 Å². The third-order valence-electron chi connectivity index (χ3n) is 7.28. The molecule has 166 valence electrons. The molecule has 0 atom stereocenters. The van der Waals surface area contributed by atoms with E-state index in [2.05, 4.69) is 27.3 Å². The smallest absolute Gasteiger partial charge is 0.253 e. The van der Waals surface area contributed by atoms with Crippen molar-refractivity contribution in [2.24, 2.45) is 0 Å². The van der Waals surface area contributed by atoms with E-state index < -0.39 is 0 Å². The zero-order valence-electron chi connectivity index (χ0n) is 18.6. The molecule has 2 amide bonds. The summed E-state index contributed by atoms with van der Waals surface area (Å²) in [5, 5.41) is 4.20.